The van der Waals surface area contributed by atoms with E-state index in [-0.39, 0.29) is 26.5 Å². The molecule has 12 heteroatoms. The molecule has 0 saturated heterocycles. The van der Waals surface area contributed by atoms with Gasteiger partial charge in [-0.25, -0.2) is 18.3 Å². The summed E-state index contributed by atoms with van der Waals surface area (Å²) in [4.78, 5) is 25.0. The van der Waals surface area contributed by atoms with Crippen molar-refractivity contribution >= 4 is 46.2 Å². The molecule has 0 saturated carbocycles. The van der Waals surface area contributed by atoms with Gasteiger partial charge in [0.15, 0.2) is 0 Å². The maximum Gasteiger partial charge on any atom is 0.281 e. The molecule has 0 bridgehead atoms. The number of benzene rings is 2. The average Bonchev–Trinajstić information content (AvgIpc) is 3.27. The van der Waals surface area contributed by atoms with Crippen LogP contribution in [-0.4, -0.2) is 24.6 Å². The predicted octanol–water partition coefficient (Wildman–Crippen LogP) is 7.26. The lowest BCUT2D eigenvalue weighted by Crippen LogP contribution is -2.14. The molecule has 1 unspecified atom stereocenters. The highest BCUT2D eigenvalue weighted by molar-refractivity contribution is 7.99. The topological polar surface area (TPSA) is 88.0 Å². The largest absolute Gasteiger partial charge is 0.377 e. The van der Waals surface area contributed by atoms with Crippen LogP contribution in [0.15, 0.2) is 63.5 Å². The van der Waals surface area contributed by atoms with Crippen LogP contribution in [0.1, 0.15) is 37.1 Å². The van der Waals surface area contributed by atoms with Crippen molar-refractivity contribution in [1.82, 2.24) is 24.6 Å². The van der Waals surface area contributed by atoms with E-state index in [9.17, 15) is 13.6 Å². The summed E-state index contributed by atoms with van der Waals surface area (Å²) in [6, 6.07) is 9.85. The molecule has 5 rings (SSSR count). The van der Waals surface area contributed by atoms with Crippen molar-refractivity contribution in [3.8, 4) is 11.1 Å². The van der Waals surface area contributed by atoms with Crippen LogP contribution in [0.2, 0.25) is 10.0 Å². The molecular formula is C27H22Cl2F2N6OS. The van der Waals surface area contributed by atoms with Crippen molar-refractivity contribution in [3.63, 3.8) is 0 Å². The van der Waals surface area contributed by atoms with Crippen molar-refractivity contribution in [1.29, 1.82) is 0 Å². The second-order valence-electron chi connectivity index (χ2n) is 8.83. The summed E-state index contributed by atoms with van der Waals surface area (Å²) < 4.78 is 28.8. The predicted molar refractivity (Wildman–Crippen MR) is 150 cm³/mol. The highest BCUT2D eigenvalue weighted by atomic mass is 35.5. The van der Waals surface area contributed by atoms with Crippen molar-refractivity contribution in [3.05, 3.63) is 98.0 Å². The lowest BCUT2D eigenvalue weighted by atomic mass is 10.1. The van der Waals surface area contributed by atoms with Crippen LogP contribution in [0.3, 0.4) is 0 Å². The van der Waals surface area contributed by atoms with E-state index in [0.29, 0.717) is 21.8 Å². The number of nitrogens with one attached hydrogen (secondary N) is 2. The molecule has 7 nitrogen and oxygen atoms in total. The molecule has 3 aromatic heterocycles. The minimum Gasteiger partial charge on any atom is -0.377 e. The molecule has 5 aromatic rings. The Labute approximate surface area is 236 Å². The molecule has 0 aliphatic rings. The molecule has 0 amide bonds. The molecule has 3 heterocycles. The van der Waals surface area contributed by atoms with Gasteiger partial charge in [-0.2, -0.15) is 10.1 Å². The van der Waals surface area contributed by atoms with Crippen molar-refractivity contribution in [2.45, 2.75) is 43.2 Å². The van der Waals surface area contributed by atoms with E-state index in [0.717, 1.165) is 41.5 Å². The third kappa shape index (κ3) is 5.50. The number of imidazole rings is 1. The molecule has 0 spiro atoms. The fourth-order valence-corrected chi connectivity index (χ4v) is 5.75. The third-order valence-electron chi connectivity index (χ3n) is 6.09. The molecule has 2 aromatic carbocycles. The summed E-state index contributed by atoms with van der Waals surface area (Å²) in [5.74, 6) is -0.458. The van der Waals surface area contributed by atoms with Crippen molar-refractivity contribution in [2.24, 2.45) is 0 Å². The number of aromatic amines is 1. The number of anilines is 1. The quantitative estimate of drug-likeness (QED) is 0.209. The number of aromatic nitrogens is 5. The Morgan fingerprint density at radius 3 is 2.51 bits per heavy atom. The molecule has 39 heavy (non-hydrogen) atoms. The highest BCUT2D eigenvalue weighted by Crippen LogP contribution is 2.39. The van der Waals surface area contributed by atoms with E-state index in [2.05, 4.69) is 25.4 Å². The zero-order valence-corrected chi connectivity index (χ0v) is 23.3. The fourth-order valence-electron chi connectivity index (χ4n) is 4.29. The molecule has 0 radical (unpaired) electrons. The summed E-state index contributed by atoms with van der Waals surface area (Å²) in [5.41, 5.74) is 2.91. The van der Waals surface area contributed by atoms with Gasteiger partial charge in [0, 0.05) is 34.3 Å². The number of H-pyrrole nitrogens is 1. The van der Waals surface area contributed by atoms with Gasteiger partial charge in [0.05, 0.1) is 32.9 Å². The van der Waals surface area contributed by atoms with Crippen LogP contribution < -0.4 is 10.9 Å². The van der Waals surface area contributed by atoms with Gasteiger partial charge in [-0.1, -0.05) is 41.9 Å². The molecular weight excluding hydrogens is 565 g/mol. The summed E-state index contributed by atoms with van der Waals surface area (Å²) in [5, 5.41) is 8.72. The number of fused-ring (bicyclic) bond motifs is 1. The van der Waals surface area contributed by atoms with E-state index in [1.54, 1.807) is 24.3 Å². The summed E-state index contributed by atoms with van der Waals surface area (Å²) in [6.07, 6.45) is 2.06. The minimum absolute atomic E-state index is 0.129. The first-order valence-electron chi connectivity index (χ1n) is 12.0. The lowest BCUT2D eigenvalue weighted by Gasteiger charge is -2.17. The van der Waals surface area contributed by atoms with E-state index in [4.69, 9.17) is 23.2 Å². The van der Waals surface area contributed by atoms with Crippen LogP contribution in [0.25, 0.3) is 16.6 Å². The number of halogens is 4. The van der Waals surface area contributed by atoms with Gasteiger partial charge >= 0.3 is 0 Å². The van der Waals surface area contributed by atoms with Gasteiger partial charge in [-0.05, 0) is 50.2 Å². The molecule has 200 valence electrons. The SMILES string of the molecule is CCc1nc(C(C)Nc2cc(Cl)c(-c3c(=O)ncn4nc(Sc5ccc(F)cc5F)ccc34)c(Cl)c2)c(C)[nH]1. The van der Waals surface area contributed by atoms with Crippen molar-refractivity contribution in [2.75, 3.05) is 5.32 Å². The van der Waals surface area contributed by atoms with Gasteiger partial charge in [0.25, 0.3) is 5.56 Å². The molecule has 0 aliphatic heterocycles. The lowest BCUT2D eigenvalue weighted by molar-refractivity contribution is 0.565. The first-order valence-corrected chi connectivity index (χ1v) is 13.5. The zero-order chi connectivity index (χ0) is 27.8. The molecule has 0 aliphatic carbocycles. The van der Waals surface area contributed by atoms with Gasteiger partial charge in [-0.3, -0.25) is 4.79 Å². The summed E-state index contributed by atoms with van der Waals surface area (Å²) in [7, 11) is 0. The smallest absolute Gasteiger partial charge is 0.281 e. The maximum atomic E-state index is 14.1. The van der Waals surface area contributed by atoms with E-state index >= 15 is 0 Å². The Morgan fingerprint density at radius 1 is 1.10 bits per heavy atom. The van der Waals surface area contributed by atoms with Gasteiger partial charge in [0.1, 0.15) is 28.8 Å². The number of hydrogen-bond acceptors (Lipinski definition) is 6. The summed E-state index contributed by atoms with van der Waals surface area (Å²) in [6.45, 7) is 5.99. The Kier molecular flexibility index (Phi) is 7.61. The molecule has 0 fully saturated rings. The normalized spacial score (nSPS) is 12.2. The number of nitrogens with zero attached hydrogens (tertiary/aromatic N) is 4. The van der Waals surface area contributed by atoms with Crippen LogP contribution in [0.5, 0.6) is 0 Å². The monoisotopic (exact) mass is 586 g/mol. The van der Waals surface area contributed by atoms with E-state index in [1.807, 2.05) is 20.8 Å². The molecule has 2 N–H and O–H groups in total. The molecule has 1 atom stereocenters. The van der Waals surface area contributed by atoms with Gasteiger partial charge in [0.2, 0.25) is 0 Å². The number of aryl methyl sites for hydroxylation is 2. The highest BCUT2D eigenvalue weighted by Gasteiger charge is 2.20. The third-order valence-corrected chi connectivity index (χ3v) is 7.67. The minimum atomic E-state index is -0.699. The standard InChI is InChI=1S/C27H22Cl2F2N6OS/c1-4-22-34-14(3)26(35-22)13(2)33-16-10-17(28)24(18(29)11-16)25-20-6-8-23(36-37(20)12-32-27(25)38)39-21-7-5-15(30)9-19(21)31/h5-13,33H,4H2,1-3H3,(H,34,35). The van der Waals surface area contributed by atoms with Crippen LogP contribution >= 0.6 is 35.0 Å². The zero-order valence-electron chi connectivity index (χ0n) is 21.0. The Bertz CT molecular complexity index is 1750. The number of rotatable bonds is 7. The van der Waals surface area contributed by atoms with Crippen LogP contribution in [-0.2, 0) is 6.42 Å². The first-order chi connectivity index (χ1) is 18.6. The number of hydrogen-bond donors (Lipinski definition) is 2. The van der Waals surface area contributed by atoms with Gasteiger partial charge in [-0.15, -0.1) is 0 Å². The average molecular weight is 587 g/mol. The Morgan fingerprint density at radius 2 is 1.85 bits per heavy atom. The van der Waals surface area contributed by atoms with Gasteiger partial charge < -0.3 is 10.3 Å². The van der Waals surface area contributed by atoms with E-state index in [1.165, 1.54) is 23.0 Å². The fraction of sp³-hybridized carbons (Fsp3) is 0.185. The summed E-state index contributed by atoms with van der Waals surface area (Å²) >= 11 is 14.4. The Balaban J connectivity index is 1.49. The van der Waals surface area contributed by atoms with E-state index < -0.39 is 17.2 Å². The van der Waals surface area contributed by atoms with Crippen molar-refractivity contribution < 1.29 is 8.78 Å². The second-order valence-corrected chi connectivity index (χ2v) is 10.7. The van der Waals surface area contributed by atoms with Crippen LogP contribution in [0.4, 0.5) is 14.5 Å². The Hall–Kier alpha value is -3.47. The second kappa shape index (κ2) is 11.0. The van der Waals surface area contributed by atoms with Crippen LogP contribution in [0, 0.1) is 18.6 Å². The first kappa shape index (κ1) is 27.1. The maximum absolute atomic E-state index is 14.1.